The lowest BCUT2D eigenvalue weighted by atomic mass is 10.1. The zero-order chi connectivity index (χ0) is 21.7. The van der Waals surface area contributed by atoms with E-state index in [0.717, 1.165) is 5.56 Å². The number of nitrogens with zero attached hydrogens (tertiary/aromatic N) is 2. The molecule has 12 heteroatoms. The predicted molar refractivity (Wildman–Crippen MR) is 102 cm³/mol. The summed E-state index contributed by atoms with van der Waals surface area (Å²) >= 11 is 0. The van der Waals surface area contributed by atoms with Crippen LogP contribution in [-0.2, 0) is 16.6 Å². The Bertz CT molecular complexity index is 822. The molecule has 0 aliphatic carbocycles. The molecule has 0 atom stereocenters. The minimum atomic E-state index is -5.29. The fraction of sp³-hybridized carbons (Fsp3) is 0.588. The van der Waals surface area contributed by atoms with Gasteiger partial charge in [0.1, 0.15) is 0 Å². The summed E-state index contributed by atoms with van der Waals surface area (Å²) in [5, 5.41) is 16.0. The second-order valence-electron chi connectivity index (χ2n) is 6.47. The largest absolute Gasteiger partial charge is 0.511 e. The normalized spacial score (nSPS) is 17.2. The highest BCUT2D eigenvalue weighted by atomic mass is 32.2. The average molecular weight is 438 g/mol. The minimum absolute atomic E-state index is 0.00333. The number of hydrogen-bond acceptors (Lipinski definition) is 5. The molecule has 1 saturated heterocycles. The Balaban J connectivity index is 1.97. The number of phenols is 1. The number of benzene rings is 1. The fourth-order valence-corrected chi connectivity index (χ4v) is 3.89. The number of phenolic OH excluding ortho intramolecular Hbond substituents is 1. The van der Waals surface area contributed by atoms with Crippen molar-refractivity contribution in [1.29, 1.82) is 0 Å². The average Bonchev–Trinajstić information content (AvgIpc) is 2.66. The van der Waals surface area contributed by atoms with Gasteiger partial charge in [-0.05, 0) is 37.5 Å². The summed E-state index contributed by atoms with van der Waals surface area (Å²) in [4.78, 5) is 4.41. The van der Waals surface area contributed by atoms with Gasteiger partial charge in [0.25, 0.3) is 0 Å². The number of ether oxygens (including phenoxy) is 1. The van der Waals surface area contributed by atoms with Crippen molar-refractivity contribution in [1.82, 2.24) is 14.9 Å². The molecule has 0 aromatic heterocycles. The number of guanidine groups is 1. The van der Waals surface area contributed by atoms with Crippen LogP contribution in [0.15, 0.2) is 23.2 Å². The molecule has 0 spiro atoms. The van der Waals surface area contributed by atoms with Crippen molar-refractivity contribution in [3.8, 4) is 11.5 Å². The third kappa shape index (κ3) is 5.89. The van der Waals surface area contributed by atoms with Gasteiger partial charge in [-0.3, -0.25) is 0 Å². The van der Waals surface area contributed by atoms with E-state index >= 15 is 0 Å². The van der Waals surface area contributed by atoms with E-state index < -0.39 is 15.5 Å². The van der Waals surface area contributed by atoms with E-state index in [1.165, 1.54) is 13.2 Å². The van der Waals surface area contributed by atoms with Crippen LogP contribution < -0.4 is 15.4 Å². The molecule has 1 heterocycles. The van der Waals surface area contributed by atoms with Gasteiger partial charge in [0.15, 0.2) is 17.5 Å². The van der Waals surface area contributed by atoms with Crippen LogP contribution in [0.3, 0.4) is 0 Å². The molecular weight excluding hydrogens is 413 g/mol. The van der Waals surface area contributed by atoms with Crippen molar-refractivity contribution in [2.45, 2.75) is 37.9 Å². The molecule has 0 radical (unpaired) electrons. The minimum Gasteiger partial charge on any atom is -0.504 e. The van der Waals surface area contributed by atoms with Gasteiger partial charge in [-0.15, -0.1) is 0 Å². The van der Waals surface area contributed by atoms with Crippen LogP contribution in [0, 0.1) is 0 Å². The molecule has 164 valence electrons. The van der Waals surface area contributed by atoms with Crippen LogP contribution >= 0.6 is 0 Å². The quantitative estimate of drug-likeness (QED) is 0.462. The SMILES string of the molecule is CCNC(=NCc1ccc(OC)c(O)c1)NC1CCN(S(=O)(=O)C(F)(F)F)CC1. The van der Waals surface area contributed by atoms with Crippen LogP contribution in [0.2, 0.25) is 0 Å². The van der Waals surface area contributed by atoms with Crippen molar-refractivity contribution < 1.29 is 31.4 Å². The van der Waals surface area contributed by atoms with E-state index in [2.05, 4.69) is 15.6 Å². The number of halogens is 3. The van der Waals surface area contributed by atoms with E-state index in [0.29, 0.717) is 22.6 Å². The monoisotopic (exact) mass is 438 g/mol. The number of rotatable bonds is 6. The van der Waals surface area contributed by atoms with Gasteiger partial charge in [-0.2, -0.15) is 17.5 Å². The zero-order valence-electron chi connectivity index (χ0n) is 16.2. The topological polar surface area (TPSA) is 103 Å². The van der Waals surface area contributed by atoms with Gasteiger partial charge in [-0.1, -0.05) is 6.07 Å². The highest BCUT2D eigenvalue weighted by Gasteiger charge is 2.50. The Morgan fingerprint density at radius 3 is 2.52 bits per heavy atom. The Morgan fingerprint density at radius 2 is 2.00 bits per heavy atom. The molecule has 0 saturated carbocycles. The molecule has 1 aliphatic rings. The van der Waals surface area contributed by atoms with Gasteiger partial charge >= 0.3 is 15.5 Å². The molecule has 2 rings (SSSR count). The molecule has 0 amide bonds. The van der Waals surface area contributed by atoms with Crippen LogP contribution in [0.5, 0.6) is 11.5 Å². The van der Waals surface area contributed by atoms with E-state index in [1.807, 2.05) is 6.92 Å². The maximum atomic E-state index is 12.7. The first-order valence-electron chi connectivity index (χ1n) is 9.05. The molecule has 0 bridgehead atoms. The summed E-state index contributed by atoms with van der Waals surface area (Å²) in [6.07, 6.45) is 0.450. The maximum Gasteiger partial charge on any atom is 0.511 e. The Kier molecular flexibility index (Phi) is 7.58. The number of piperidine rings is 1. The summed E-state index contributed by atoms with van der Waals surface area (Å²) in [5.41, 5.74) is -4.54. The second-order valence-corrected chi connectivity index (χ2v) is 8.40. The molecule has 3 N–H and O–H groups in total. The van der Waals surface area contributed by atoms with Gasteiger partial charge in [-0.25, -0.2) is 13.4 Å². The highest BCUT2D eigenvalue weighted by Crippen LogP contribution is 2.29. The summed E-state index contributed by atoms with van der Waals surface area (Å²) in [6.45, 7) is 2.26. The van der Waals surface area contributed by atoms with Crippen LogP contribution in [0.1, 0.15) is 25.3 Å². The number of alkyl halides is 3. The third-order valence-corrected chi connectivity index (χ3v) is 6.06. The Labute approximate surface area is 167 Å². The van der Waals surface area contributed by atoms with Gasteiger partial charge in [0.05, 0.1) is 13.7 Å². The fourth-order valence-electron chi connectivity index (χ4n) is 2.90. The number of hydrogen-bond donors (Lipinski definition) is 3. The lowest BCUT2D eigenvalue weighted by Gasteiger charge is -2.32. The Hall–Kier alpha value is -2.21. The molecule has 8 nitrogen and oxygen atoms in total. The lowest BCUT2D eigenvalue weighted by molar-refractivity contribution is -0.0494. The smallest absolute Gasteiger partial charge is 0.504 e. The van der Waals surface area contributed by atoms with Crippen molar-refractivity contribution in [3.63, 3.8) is 0 Å². The van der Waals surface area contributed by atoms with E-state index in [9.17, 15) is 26.7 Å². The molecule has 29 heavy (non-hydrogen) atoms. The number of aromatic hydroxyl groups is 1. The summed E-state index contributed by atoms with van der Waals surface area (Å²) in [6, 6.07) is 4.70. The van der Waals surface area contributed by atoms with Crippen LogP contribution in [0.4, 0.5) is 13.2 Å². The number of sulfonamides is 1. The maximum absolute atomic E-state index is 12.7. The van der Waals surface area contributed by atoms with E-state index in [1.54, 1.807) is 12.1 Å². The molecule has 1 aromatic carbocycles. The molecule has 0 unspecified atom stereocenters. The summed E-state index contributed by atoms with van der Waals surface area (Å²) in [7, 11) is -3.84. The predicted octanol–water partition coefficient (Wildman–Crippen LogP) is 1.77. The number of nitrogens with one attached hydrogen (secondary N) is 2. The van der Waals surface area contributed by atoms with Gasteiger partial charge in [0.2, 0.25) is 0 Å². The first-order chi connectivity index (χ1) is 13.6. The van der Waals surface area contributed by atoms with E-state index in [4.69, 9.17) is 4.74 Å². The number of methoxy groups -OCH3 is 1. The van der Waals surface area contributed by atoms with Gasteiger partial charge in [0, 0.05) is 25.7 Å². The summed E-state index contributed by atoms with van der Waals surface area (Å²) in [5.74, 6) is 0.805. The Morgan fingerprint density at radius 1 is 1.34 bits per heavy atom. The summed E-state index contributed by atoms with van der Waals surface area (Å²) < 4.78 is 66.4. The molecule has 1 aromatic rings. The molecule has 1 aliphatic heterocycles. The van der Waals surface area contributed by atoms with Crippen molar-refractivity contribution in [2.24, 2.45) is 4.99 Å². The van der Waals surface area contributed by atoms with Crippen LogP contribution in [0.25, 0.3) is 0 Å². The standard InChI is InChI=1S/C17H25F3N4O4S/c1-3-21-16(22-11-12-4-5-15(28-2)14(25)10-12)23-13-6-8-24(9-7-13)29(26,27)17(18,19)20/h4-5,10,13,25H,3,6-9,11H2,1-2H3,(H2,21,22,23). The third-order valence-electron chi connectivity index (χ3n) is 4.43. The van der Waals surface area contributed by atoms with Crippen molar-refractivity contribution in [2.75, 3.05) is 26.7 Å². The molecular formula is C17H25F3N4O4S. The van der Waals surface area contributed by atoms with Crippen molar-refractivity contribution >= 4 is 16.0 Å². The van der Waals surface area contributed by atoms with Crippen LogP contribution in [-0.4, -0.2) is 62.1 Å². The molecule has 1 fully saturated rings. The lowest BCUT2D eigenvalue weighted by Crippen LogP contribution is -2.51. The highest BCUT2D eigenvalue weighted by molar-refractivity contribution is 7.90. The first kappa shape index (κ1) is 23.1. The number of aliphatic imine (C=N–C) groups is 1. The zero-order valence-corrected chi connectivity index (χ0v) is 17.0. The van der Waals surface area contributed by atoms with Crippen molar-refractivity contribution in [3.05, 3.63) is 23.8 Å². The first-order valence-corrected chi connectivity index (χ1v) is 10.5. The second kappa shape index (κ2) is 9.53. The van der Waals surface area contributed by atoms with E-state index in [-0.39, 0.29) is 44.3 Å². The van der Waals surface area contributed by atoms with Gasteiger partial charge < -0.3 is 20.5 Å².